The van der Waals surface area contributed by atoms with Crippen molar-refractivity contribution in [2.45, 2.75) is 10.9 Å². The van der Waals surface area contributed by atoms with Crippen molar-refractivity contribution in [2.24, 2.45) is 7.05 Å². The van der Waals surface area contributed by atoms with Gasteiger partial charge in [-0.05, 0) is 17.7 Å². The van der Waals surface area contributed by atoms with E-state index in [2.05, 4.69) is 9.82 Å². The number of nitrogens with one attached hydrogen (secondary N) is 1. The highest BCUT2D eigenvalue weighted by atomic mass is 32.2. The predicted molar refractivity (Wildman–Crippen MR) is 80.5 cm³/mol. The van der Waals surface area contributed by atoms with Crippen LogP contribution in [0.3, 0.4) is 0 Å². The normalized spacial score (nSPS) is 13.1. The average Bonchev–Trinajstić information content (AvgIpc) is 3.17. The molecule has 3 rings (SSSR count). The fourth-order valence-electron chi connectivity index (χ4n) is 2.15. The Kier molecular flexibility index (Phi) is 3.82. The van der Waals surface area contributed by atoms with Crippen LogP contribution in [0.5, 0.6) is 0 Å². The van der Waals surface area contributed by atoms with Crippen LogP contribution in [-0.2, 0) is 17.1 Å². The Balaban J connectivity index is 1.98. The lowest BCUT2D eigenvalue weighted by atomic mass is 10.1. The van der Waals surface area contributed by atoms with Crippen LogP contribution in [0, 0.1) is 0 Å². The minimum atomic E-state index is -3.71. The first kappa shape index (κ1) is 14.6. The molecule has 0 aliphatic carbocycles. The van der Waals surface area contributed by atoms with Gasteiger partial charge in [-0.2, -0.15) is 9.82 Å². The van der Waals surface area contributed by atoms with Crippen molar-refractivity contribution < 1.29 is 12.8 Å². The fraction of sp³-hybridized carbons (Fsp3) is 0.133. The topological polar surface area (TPSA) is 77.1 Å². The number of rotatable bonds is 5. The lowest BCUT2D eigenvalue weighted by Gasteiger charge is -2.16. The molecule has 0 unspecified atom stereocenters. The molecule has 0 aliphatic heterocycles. The zero-order valence-corrected chi connectivity index (χ0v) is 12.7. The zero-order chi connectivity index (χ0) is 15.6. The van der Waals surface area contributed by atoms with Crippen LogP contribution >= 0.6 is 0 Å². The van der Waals surface area contributed by atoms with E-state index in [1.807, 2.05) is 30.3 Å². The third-order valence-electron chi connectivity index (χ3n) is 3.23. The highest BCUT2D eigenvalue weighted by Gasteiger charge is 2.25. The van der Waals surface area contributed by atoms with E-state index in [1.165, 1.54) is 23.3 Å². The van der Waals surface area contributed by atoms with Gasteiger partial charge in [0.25, 0.3) is 0 Å². The van der Waals surface area contributed by atoms with Gasteiger partial charge in [-0.15, -0.1) is 0 Å². The van der Waals surface area contributed by atoms with Crippen LogP contribution in [0.15, 0.2) is 70.4 Å². The summed E-state index contributed by atoms with van der Waals surface area (Å²) in [5, 5.41) is 3.90. The maximum atomic E-state index is 12.5. The Morgan fingerprint density at radius 2 is 1.95 bits per heavy atom. The lowest BCUT2D eigenvalue weighted by Crippen LogP contribution is -2.29. The van der Waals surface area contributed by atoms with Gasteiger partial charge >= 0.3 is 0 Å². The summed E-state index contributed by atoms with van der Waals surface area (Å²) in [6.07, 6.45) is 4.28. The molecular weight excluding hydrogens is 302 g/mol. The summed E-state index contributed by atoms with van der Waals surface area (Å²) >= 11 is 0. The van der Waals surface area contributed by atoms with E-state index in [4.69, 9.17) is 4.42 Å². The number of nitrogens with zero attached hydrogens (tertiary/aromatic N) is 2. The highest BCUT2D eigenvalue weighted by Crippen LogP contribution is 2.24. The molecule has 1 atom stereocenters. The maximum Gasteiger partial charge on any atom is 0.244 e. The molecule has 0 saturated carbocycles. The van der Waals surface area contributed by atoms with E-state index < -0.39 is 16.1 Å². The number of aryl methyl sites for hydroxylation is 1. The summed E-state index contributed by atoms with van der Waals surface area (Å²) in [5.74, 6) is 0.527. The summed E-state index contributed by atoms with van der Waals surface area (Å²) < 4.78 is 34.5. The quantitative estimate of drug-likeness (QED) is 0.781. The van der Waals surface area contributed by atoms with Crippen LogP contribution in [0.2, 0.25) is 0 Å². The summed E-state index contributed by atoms with van der Waals surface area (Å²) in [6.45, 7) is 0. The molecule has 0 radical (unpaired) electrons. The van der Waals surface area contributed by atoms with Gasteiger partial charge in [-0.1, -0.05) is 30.3 Å². The average molecular weight is 317 g/mol. The molecule has 1 aromatic carbocycles. The number of hydrogen-bond donors (Lipinski definition) is 1. The van der Waals surface area contributed by atoms with Crippen molar-refractivity contribution in [2.75, 3.05) is 0 Å². The lowest BCUT2D eigenvalue weighted by molar-refractivity contribution is 0.471. The smallest absolute Gasteiger partial charge is 0.244 e. The van der Waals surface area contributed by atoms with Crippen LogP contribution in [0.4, 0.5) is 0 Å². The van der Waals surface area contributed by atoms with Gasteiger partial charge in [0.15, 0.2) is 0 Å². The summed E-state index contributed by atoms with van der Waals surface area (Å²) in [5.41, 5.74) is 0.796. The van der Waals surface area contributed by atoms with Gasteiger partial charge in [-0.25, -0.2) is 8.42 Å². The van der Waals surface area contributed by atoms with E-state index >= 15 is 0 Å². The van der Waals surface area contributed by atoms with Crippen molar-refractivity contribution >= 4 is 10.0 Å². The SMILES string of the molecule is Cn1cc(S(=O)(=O)N[C@@H](c2ccccc2)c2ccco2)cn1. The van der Waals surface area contributed by atoms with Gasteiger partial charge in [0, 0.05) is 13.2 Å². The standard InChI is InChI=1S/C15H15N3O3S/c1-18-11-13(10-16-18)22(19,20)17-15(14-8-5-9-21-14)12-6-3-2-4-7-12/h2-11,15,17H,1H3/t15-/m0/s1. The Morgan fingerprint density at radius 3 is 2.55 bits per heavy atom. The first-order valence-electron chi connectivity index (χ1n) is 6.65. The molecule has 2 aromatic heterocycles. The third-order valence-corrected chi connectivity index (χ3v) is 4.60. The van der Waals surface area contributed by atoms with Crippen LogP contribution < -0.4 is 4.72 Å². The van der Waals surface area contributed by atoms with Crippen molar-refractivity contribution in [3.8, 4) is 0 Å². The summed E-state index contributed by atoms with van der Waals surface area (Å²) in [6, 6.07) is 12.1. The van der Waals surface area contributed by atoms with Crippen LogP contribution in [0.1, 0.15) is 17.4 Å². The summed E-state index contributed by atoms with van der Waals surface area (Å²) in [4.78, 5) is 0.113. The van der Waals surface area contributed by atoms with E-state index in [9.17, 15) is 8.42 Å². The molecule has 0 saturated heterocycles. The molecule has 2 heterocycles. The molecule has 1 N–H and O–H groups in total. The second kappa shape index (κ2) is 5.78. The van der Waals surface area contributed by atoms with Crippen LogP contribution in [-0.4, -0.2) is 18.2 Å². The van der Waals surface area contributed by atoms with Crippen molar-refractivity contribution in [1.82, 2.24) is 14.5 Å². The van der Waals surface area contributed by atoms with Gasteiger partial charge in [-0.3, -0.25) is 4.68 Å². The third kappa shape index (κ3) is 2.95. The Morgan fingerprint density at radius 1 is 1.18 bits per heavy atom. The number of benzene rings is 1. The second-order valence-electron chi connectivity index (χ2n) is 4.83. The zero-order valence-electron chi connectivity index (χ0n) is 11.9. The molecule has 0 amide bonds. The maximum absolute atomic E-state index is 12.5. The fourth-order valence-corrected chi connectivity index (χ4v) is 3.33. The molecule has 0 bridgehead atoms. The Labute approximate surface area is 128 Å². The molecule has 0 spiro atoms. The monoisotopic (exact) mass is 317 g/mol. The molecule has 22 heavy (non-hydrogen) atoms. The molecule has 7 heteroatoms. The van der Waals surface area contributed by atoms with Crippen molar-refractivity contribution in [3.05, 3.63) is 72.4 Å². The Hall–Kier alpha value is -2.38. The number of aromatic nitrogens is 2. The summed E-state index contributed by atoms with van der Waals surface area (Å²) in [7, 11) is -2.04. The van der Waals surface area contributed by atoms with E-state index in [0.717, 1.165) is 5.56 Å². The Bertz CT molecular complexity index is 839. The van der Waals surface area contributed by atoms with Crippen molar-refractivity contribution in [1.29, 1.82) is 0 Å². The molecular formula is C15H15N3O3S. The minimum absolute atomic E-state index is 0.113. The molecule has 0 aliphatic rings. The first-order chi connectivity index (χ1) is 10.6. The predicted octanol–water partition coefficient (Wildman–Crippen LogP) is 2.08. The number of hydrogen-bond acceptors (Lipinski definition) is 4. The molecule has 0 fully saturated rings. The van der Waals surface area contributed by atoms with Gasteiger partial charge in [0.2, 0.25) is 10.0 Å². The second-order valence-corrected chi connectivity index (χ2v) is 6.54. The van der Waals surface area contributed by atoms with Gasteiger partial charge in [0.05, 0.1) is 12.5 Å². The molecule has 114 valence electrons. The first-order valence-corrected chi connectivity index (χ1v) is 8.14. The number of furan rings is 1. The van der Waals surface area contributed by atoms with E-state index in [0.29, 0.717) is 5.76 Å². The van der Waals surface area contributed by atoms with Gasteiger partial charge < -0.3 is 4.42 Å². The molecule has 3 aromatic rings. The molecule has 6 nitrogen and oxygen atoms in total. The number of sulfonamides is 1. The minimum Gasteiger partial charge on any atom is -0.467 e. The van der Waals surface area contributed by atoms with Crippen molar-refractivity contribution in [3.63, 3.8) is 0 Å². The van der Waals surface area contributed by atoms with E-state index in [-0.39, 0.29) is 4.90 Å². The highest BCUT2D eigenvalue weighted by molar-refractivity contribution is 7.89. The van der Waals surface area contributed by atoms with E-state index in [1.54, 1.807) is 19.2 Å². The van der Waals surface area contributed by atoms with Gasteiger partial charge in [0.1, 0.15) is 16.7 Å². The van der Waals surface area contributed by atoms with Crippen LogP contribution in [0.25, 0.3) is 0 Å². The largest absolute Gasteiger partial charge is 0.467 e.